The normalized spacial score (nSPS) is 11.6. The molecule has 1 unspecified atom stereocenters. The molecule has 0 aliphatic carbocycles. The molecule has 1 aromatic heterocycles. The topological polar surface area (TPSA) is 86.9 Å². The Balaban J connectivity index is 1.69. The third-order valence-electron chi connectivity index (χ3n) is 4.81. The summed E-state index contributed by atoms with van der Waals surface area (Å²) in [6.07, 6.45) is -0.0633. The van der Waals surface area contributed by atoms with Crippen LogP contribution in [0.25, 0.3) is 11.4 Å². The van der Waals surface area contributed by atoms with Crippen LogP contribution in [-0.2, 0) is 11.3 Å². The predicted molar refractivity (Wildman–Crippen MR) is 115 cm³/mol. The highest BCUT2D eigenvalue weighted by atomic mass is 16.5. The van der Waals surface area contributed by atoms with Crippen LogP contribution in [0.15, 0.2) is 47.0 Å². The zero-order valence-electron chi connectivity index (χ0n) is 18.4. The first-order valence-corrected chi connectivity index (χ1v) is 9.98. The van der Waals surface area contributed by atoms with Gasteiger partial charge in [-0.1, -0.05) is 29.8 Å². The average Bonchev–Trinajstić information content (AvgIpc) is 3.25. The second kappa shape index (κ2) is 9.97. The molecule has 1 amide bonds. The van der Waals surface area contributed by atoms with Gasteiger partial charge in [-0.05, 0) is 37.6 Å². The molecule has 3 aromatic rings. The highest BCUT2D eigenvalue weighted by molar-refractivity contribution is 5.81. The molecule has 0 aliphatic heterocycles. The number of methoxy groups -OCH3 is 2. The third-order valence-corrected chi connectivity index (χ3v) is 4.81. The van der Waals surface area contributed by atoms with Crippen molar-refractivity contribution < 1.29 is 23.5 Å². The van der Waals surface area contributed by atoms with Gasteiger partial charge in [-0.3, -0.25) is 4.79 Å². The van der Waals surface area contributed by atoms with Crippen molar-refractivity contribution in [1.82, 2.24) is 15.0 Å². The zero-order chi connectivity index (χ0) is 22.4. The van der Waals surface area contributed by atoms with E-state index in [1.54, 1.807) is 39.5 Å². The lowest BCUT2D eigenvalue weighted by atomic mass is 10.2. The minimum absolute atomic E-state index is 0.162. The number of aryl methyl sites for hydroxylation is 1. The number of amides is 1. The van der Waals surface area contributed by atoms with Crippen LogP contribution in [0.3, 0.4) is 0 Å². The smallest absolute Gasteiger partial charge is 0.263 e. The Morgan fingerprint density at radius 2 is 1.81 bits per heavy atom. The molecule has 31 heavy (non-hydrogen) atoms. The van der Waals surface area contributed by atoms with E-state index in [9.17, 15) is 4.79 Å². The first-order valence-electron chi connectivity index (χ1n) is 9.98. The highest BCUT2D eigenvalue weighted by Gasteiger charge is 2.24. The maximum atomic E-state index is 12.9. The maximum Gasteiger partial charge on any atom is 0.263 e. The first kappa shape index (κ1) is 22.1. The number of hydrogen-bond donors (Lipinski definition) is 0. The maximum absolute atomic E-state index is 12.9. The molecular weight excluding hydrogens is 398 g/mol. The van der Waals surface area contributed by atoms with Crippen molar-refractivity contribution >= 4 is 5.91 Å². The van der Waals surface area contributed by atoms with E-state index in [0.717, 1.165) is 5.56 Å². The van der Waals surface area contributed by atoms with Crippen molar-refractivity contribution in [2.45, 2.75) is 32.9 Å². The predicted octanol–water partition coefficient (Wildman–Crippen LogP) is 3.88. The monoisotopic (exact) mass is 425 g/mol. The van der Waals surface area contributed by atoms with Crippen molar-refractivity contribution in [3.05, 3.63) is 53.9 Å². The number of ether oxygens (including phenoxy) is 3. The lowest BCUT2D eigenvalue weighted by molar-refractivity contribution is -0.138. The standard InChI is InChI=1S/C23H27N3O5/c1-6-19(30-16-9-7-15(2)8-10-16)23(27)26(3)14-21-24-22(25-31-21)18-12-11-17(28-4)13-20(18)29-5/h7-13,19H,6,14H2,1-5H3. The Morgan fingerprint density at radius 1 is 1.10 bits per heavy atom. The van der Waals surface area contributed by atoms with E-state index in [1.807, 2.05) is 38.1 Å². The number of carbonyl (C=O) groups is 1. The number of likely N-dealkylation sites (N-methyl/N-ethyl adjacent to an activating group) is 1. The van der Waals surface area contributed by atoms with Crippen LogP contribution in [0.2, 0.25) is 0 Å². The summed E-state index contributed by atoms with van der Waals surface area (Å²) in [7, 11) is 4.83. The van der Waals surface area contributed by atoms with Gasteiger partial charge in [0.25, 0.3) is 5.91 Å². The Bertz CT molecular complexity index is 1020. The van der Waals surface area contributed by atoms with Crippen molar-refractivity contribution in [3.63, 3.8) is 0 Å². The summed E-state index contributed by atoms with van der Waals surface area (Å²) < 4.78 is 21.8. The van der Waals surface area contributed by atoms with Gasteiger partial charge in [0.2, 0.25) is 11.7 Å². The fraction of sp³-hybridized carbons (Fsp3) is 0.348. The molecule has 2 aromatic carbocycles. The number of aromatic nitrogens is 2. The Morgan fingerprint density at radius 3 is 2.45 bits per heavy atom. The van der Waals surface area contributed by atoms with Crippen LogP contribution >= 0.6 is 0 Å². The highest BCUT2D eigenvalue weighted by Crippen LogP contribution is 2.31. The molecule has 0 radical (unpaired) electrons. The molecule has 0 saturated heterocycles. The summed E-state index contributed by atoms with van der Waals surface area (Å²) in [5, 5.41) is 4.03. The van der Waals surface area contributed by atoms with Gasteiger partial charge in [0.05, 0.1) is 26.3 Å². The molecule has 8 heteroatoms. The molecule has 0 aliphatic rings. The summed E-state index contributed by atoms with van der Waals surface area (Å²) in [5.41, 5.74) is 1.80. The summed E-state index contributed by atoms with van der Waals surface area (Å²) in [5.74, 6) is 2.41. The molecule has 3 rings (SSSR count). The van der Waals surface area contributed by atoms with Gasteiger partial charge < -0.3 is 23.6 Å². The second-order valence-electron chi connectivity index (χ2n) is 7.10. The molecule has 0 saturated carbocycles. The number of carbonyl (C=O) groups excluding carboxylic acids is 1. The van der Waals surface area contributed by atoms with Gasteiger partial charge in [-0.15, -0.1) is 0 Å². The average molecular weight is 425 g/mol. The molecule has 0 bridgehead atoms. The fourth-order valence-corrected chi connectivity index (χ4v) is 3.03. The summed E-state index contributed by atoms with van der Waals surface area (Å²) in [4.78, 5) is 18.8. The largest absolute Gasteiger partial charge is 0.497 e. The SMILES string of the molecule is CCC(Oc1ccc(C)cc1)C(=O)N(C)Cc1nc(-c2ccc(OC)cc2OC)no1. The van der Waals surface area contributed by atoms with Gasteiger partial charge in [0.1, 0.15) is 17.2 Å². The Kier molecular flexibility index (Phi) is 7.12. The molecule has 0 spiro atoms. The van der Waals surface area contributed by atoms with E-state index in [2.05, 4.69) is 10.1 Å². The second-order valence-corrected chi connectivity index (χ2v) is 7.10. The van der Waals surface area contributed by atoms with Crippen LogP contribution in [0.5, 0.6) is 17.2 Å². The number of hydrogen-bond acceptors (Lipinski definition) is 7. The number of nitrogens with zero attached hydrogens (tertiary/aromatic N) is 3. The lowest BCUT2D eigenvalue weighted by Gasteiger charge is -2.22. The lowest BCUT2D eigenvalue weighted by Crippen LogP contribution is -2.39. The Hall–Kier alpha value is -3.55. The third kappa shape index (κ3) is 5.33. The van der Waals surface area contributed by atoms with Crippen molar-refractivity contribution in [1.29, 1.82) is 0 Å². The van der Waals surface area contributed by atoms with Crippen molar-refractivity contribution in [3.8, 4) is 28.6 Å². The van der Waals surface area contributed by atoms with E-state index < -0.39 is 6.10 Å². The van der Waals surface area contributed by atoms with Gasteiger partial charge in [-0.2, -0.15) is 4.98 Å². The zero-order valence-corrected chi connectivity index (χ0v) is 18.4. The molecule has 1 atom stereocenters. The minimum atomic E-state index is -0.600. The van der Waals surface area contributed by atoms with Crippen molar-refractivity contribution in [2.24, 2.45) is 0 Å². The van der Waals surface area contributed by atoms with Crippen LogP contribution in [0.4, 0.5) is 0 Å². The Labute approximate surface area is 181 Å². The quantitative estimate of drug-likeness (QED) is 0.514. The van der Waals surface area contributed by atoms with Crippen LogP contribution in [-0.4, -0.2) is 48.3 Å². The van der Waals surface area contributed by atoms with Crippen molar-refractivity contribution in [2.75, 3.05) is 21.3 Å². The van der Waals surface area contributed by atoms with E-state index in [-0.39, 0.29) is 12.5 Å². The molecule has 8 nitrogen and oxygen atoms in total. The van der Waals surface area contributed by atoms with Gasteiger partial charge >= 0.3 is 0 Å². The van der Waals surface area contributed by atoms with Gasteiger partial charge in [-0.25, -0.2) is 0 Å². The molecule has 0 fully saturated rings. The molecule has 0 N–H and O–H groups in total. The summed E-state index contributed by atoms with van der Waals surface area (Å²) >= 11 is 0. The minimum Gasteiger partial charge on any atom is -0.497 e. The van der Waals surface area contributed by atoms with E-state index in [0.29, 0.717) is 40.9 Å². The van der Waals surface area contributed by atoms with Crippen LogP contribution in [0, 0.1) is 6.92 Å². The molecule has 1 heterocycles. The number of rotatable bonds is 9. The van der Waals surface area contributed by atoms with E-state index in [4.69, 9.17) is 18.7 Å². The van der Waals surface area contributed by atoms with Gasteiger partial charge in [0.15, 0.2) is 6.10 Å². The number of benzene rings is 2. The van der Waals surface area contributed by atoms with Crippen LogP contribution in [0.1, 0.15) is 24.8 Å². The summed E-state index contributed by atoms with van der Waals surface area (Å²) in [6.45, 7) is 4.07. The van der Waals surface area contributed by atoms with E-state index >= 15 is 0 Å². The van der Waals surface area contributed by atoms with Crippen LogP contribution < -0.4 is 14.2 Å². The molecule has 164 valence electrons. The summed E-state index contributed by atoms with van der Waals surface area (Å²) in [6, 6.07) is 12.9. The van der Waals surface area contributed by atoms with Gasteiger partial charge in [0, 0.05) is 13.1 Å². The van der Waals surface area contributed by atoms with E-state index in [1.165, 1.54) is 4.90 Å². The fourth-order valence-electron chi connectivity index (χ4n) is 3.03. The molecular formula is C23H27N3O5. The first-order chi connectivity index (χ1) is 14.9.